The second-order valence-electron chi connectivity index (χ2n) is 6.34. The van der Waals surface area contributed by atoms with Crippen LogP contribution in [0.5, 0.6) is 0 Å². The first-order valence-corrected chi connectivity index (χ1v) is 7.87. The van der Waals surface area contributed by atoms with Crippen molar-refractivity contribution in [3.05, 3.63) is 33.9 Å². The van der Waals surface area contributed by atoms with Crippen molar-refractivity contribution in [1.29, 1.82) is 0 Å². The summed E-state index contributed by atoms with van der Waals surface area (Å²) in [6.07, 6.45) is 5.02. The fraction of sp³-hybridized carbons (Fsp3) is 0.625. The maximum Gasteiger partial charge on any atom is 0.271 e. The Balaban J connectivity index is 1.60. The molecule has 1 aromatic rings. The molecule has 1 aromatic carbocycles. The number of nitrogens with zero attached hydrogens (tertiary/aromatic N) is 2. The Bertz CT molecular complexity index is 520. The molecule has 0 aromatic heterocycles. The van der Waals surface area contributed by atoms with Crippen LogP contribution < -0.4 is 10.2 Å². The Morgan fingerprint density at radius 3 is 2.62 bits per heavy atom. The summed E-state index contributed by atoms with van der Waals surface area (Å²) in [6, 6.07) is 5.77. The fourth-order valence-corrected chi connectivity index (χ4v) is 3.03. The SMILES string of the molecule is Cc1ccc([N+](=O)[O-])cc1N1CCC(NCC2CC2)CC1. The van der Waals surface area contributed by atoms with Gasteiger partial charge in [-0.25, -0.2) is 0 Å². The number of hydrogen-bond acceptors (Lipinski definition) is 4. The Morgan fingerprint density at radius 2 is 2.00 bits per heavy atom. The summed E-state index contributed by atoms with van der Waals surface area (Å²) in [4.78, 5) is 12.9. The molecule has 1 aliphatic carbocycles. The second kappa shape index (κ2) is 6.02. The monoisotopic (exact) mass is 289 g/mol. The highest BCUT2D eigenvalue weighted by molar-refractivity contribution is 5.59. The molecule has 0 radical (unpaired) electrons. The maximum atomic E-state index is 10.9. The summed E-state index contributed by atoms with van der Waals surface area (Å²) in [6.45, 7) is 5.14. The fourth-order valence-electron chi connectivity index (χ4n) is 3.03. The molecule has 0 bridgehead atoms. The second-order valence-corrected chi connectivity index (χ2v) is 6.34. The average molecular weight is 289 g/mol. The van der Waals surface area contributed by atoms with Crippen LogP contribution in [0.3, 0.4) is 0 Å². The zero-order chi connectivity index (χ0) is 14.8. The van der Waals surface area contributed by atoms with Gasteiger partial charge in [0.1, 0.15) is 0 Å². The van der Waals surface area contributed by atoms with E-state index in [0.29, 0.717) is 6.04 Å². The summed E-state index contributed by atoms with van der Waals surface area (Å²) >= 11 is 0. The van der Waals surface area contributed by atoms with Crippen molar-refractivity contribution >= 4 is 11.4 Å². The molecule has 0 atom stereocenters. The van der Waals surface area contributed by atoms with Crippen molar-refractivity contribution in [2.24, 2.45) is 5.92 Å². The summed E-state index contributed by atoms with van der Waals surface area (Å²) in [5.41, 5.74) is 2.32. The van der Waals surface area contributed by atoms with Crippen molar-refractivity contribution in [2.45, 2.75) is 38.6 Å². The van der Waals surface area contributed by atoms with Crippen LogP contribution in [-0.4, -0.2) is 30.6 Å². The molecular formula is C16H23N3O2. The van der Waals surface area contributed by atoms with E-state index < -0.39 is 0 Å². The highest BCUT2D eigenvalue weighted by Crippen LogP contribution is 2.30. The summed E-state index contributed by atoms with van der Waals surface area (Å²) in [5.74, 6) is 0.919. The molecular weight excluding hydrogens is 266 g/mol. The van der Waals surface area contributed by atoms with Gasteiger partial charge in [0.15, 0.2) is 0 Å². The molecule has 1 heterocycles. The lowest BCUT2D eigenvalue weighted by atomic mass is 10.0. The first-order valence-electron chi connectivity index (χ1n) is 7.87. The van der Waals surface area contributed by atoms with Crippen LogP contribution in [-0.2, 0) is 0 Å². The van der Waals surface area contributed by atoms with Crippen LogP contribution in [0.4, 0.5) is 11.4 Å². The predicted molar refractivity (Wildman–Crippen MR) is 83.8 cm³/mol. The number of benzene rings is 1. The largest absolute Gasteiger partial charge is 0.371 e. The number of aryl methyl sites for hydroxylation is 1. The van der Waals surface area contributed by atoms with Crippen molar-refractivity contribution < 1.29 is 4.92 Å². The molecule has 2 aliphatic rings. The first kappa shape index (κ1) is 14.3. The molecule has 0 amide bonds. The van der Waals surface area contributed by atoms with Gasteiger partial charge in [0.2, 0.25) is 0 Å². The predicted octanol–water partition coefficient (Wildman–Crippen LogP) is 2.87. The van der Waals surface area contributed by atoms with E-state index in [0.717, 1.165) is 43.1 Å². The Kier molecular flexibility index (Phi) is 4.10. The molecule has 1 aliphatic heterocycles. The van der Waals surface area contributed by atoms with Gasteiger partial charge >= 0.3 is 0 Å². The van der Waals surface area contributed by atoms with E-state index in [-0.39, 0.29) is 10.6 Å². The van der Waals surface area contributed by atoms with Gasteiger partial charge in [0, 0.05) is 37.0 Å². The van der Waals surface area contributed by atoms with E-state index in [9.17, 15) is 10.1 Å². The number of nitro groups is 1. The van der Waals surface area contributed by atoms with Crippen molar-refractivity contribution in [3.8, 4) is 0 Å². The van der Waals surface area contributed by atoms with E-state index >= 15 is 0 Å². The van der Waals surface area contributed by atoms with Gasteiger partial charge < -0.3 is 10.2 Å². The van der Waals surface area contributed by atoms with Gasteiger partial charge in [-0.1, -0.05) is 6.07 Å². The van der Waals surface area contributed by atoms with Gasteiger partial charge in [-0.2, -0.15) is 0 Å². The molecule has 1 saturated carbocycles. The van der Waals surface area contributed by atoms with Crippen molar-refractivity contribution in [3.63, 3.8) is 0 Å². The standard InChI is InChI=1S/C16H23N3O2/c1-12-2-5-15(19(20)21)10-16(12)18-8-6-14(7-9-18)17-11-13-3-4-13/h2,5,10,13-14,17H,3-4,6-9,11H2,1H3. The van der Waals surface area contributed by atoms with Crippen LogP contribution >= 0.6 is 0 Å². The van der Waals surface area contributed by atoms with Gasteiger partial charge in [-0.05, 0) is 50.6 Å². The topological polar surface area (TPSA) is 58.4 Å². The third-order valence-electron chi connectivity index (χ3n) is 4.63. The van der Waals surface area contributed by atoms with Gasteiger partial charge in [0.05, 0.1) is 4.92 Å². The van der Waals surface area contributed by atoms with E-state index in [1.165, 1.54) is 19.4 Å². The number of nitrogens with one attached hydrogen (secondary N) is 1. The number of nitro benzene ring substituents is 1. The van der Waals surface area contributed by atoms with Crippen LogP contribution in [0.15, 0.2) is 18.2 Å². The third kappa shape index (κ3) is 3.53. The molecule has 5 heteroatoms. The molecule has 0 unspecified atom stereocenters. The minimum absolute atomic E-state index is 0.185. The van der Waals surface area contributed by atoms with Crippen molar-refractivity contribution in [2.75, 3.05) is 24.5 Å². The van der Waals surface area contributed by atoms with E-state index in [1.807, 2.05) is 13.0 Å². The van der Waals surface area contributed by atoms with Crippen LogP contribution in [0.1, 0.15) is 31.2 Å². The van der Waals surface area contributed by atoms with E-state index in [1.54, 1.807) is 12.1 Å². The lowest BCUT2D eigenvalue weighted by Crippen LogP contribution is -2.43. The normalized spacial score (nSPS) is 19.8. The summed E-state index contributed by atoms with van der Waals surface area (Å²) in [7, 11) is 0. The van der Waals surface area contributed by atoms with Crippen LogP contribution in [0, 0.1) is 23.0 Å². The third-order valence-corrected chi connectivity index (χ3v) is 4.63. The minimum atomic E-state index is -0.313. The smallest absolute Gasteiger partial charge is 0.271 e. The number of hydrogen-bond donors (Lipinski definition) is 1. The Hall–Kier alpha value is -1.62. The summed E-state index contributed by atoms with van der Waals surface area (Å²) < 4.78 is 0. The Labute approximate surface area is 125 Å². The molecule has 0 spiro atoms. The molecule has 3 rings (SSSR count). The molecule has 5 nitrogen and oxygen atoms in total. The van der Waals surface area contributed by atoms with Crippen LogP contribution in [0.2, 0.25) is 0 Å². The van der Waals surface area contributed by atoms with E-state index in [4.69, 9.17) is 0 Å². The van der Waals surface area contributed by atoms with E-state index in [2.05, 4.69) is 10.2 Å². The molecule has 1 N–H and O–H groups in total. The number of non-ortho nitro benzene ring substituents is 1. The quantitative estimate of drug-likeness (QED) is 0.669. The van der Waals surface area contributed by atoms with Gasteiger partial charge in [0.25, 0.3) is 5.69 Å². The molecule has 114 valence electrons. The molecule has 2 fully saturated rings. The molecule has 1 saturated heterocycles. The Morgan fingerprint density at radius 1 is 1.29 bits per heavy atom. The highest BCUT2D eigenvalue weighted by atomic mass is 16.6. The molecule has 21 heavy (non-hydrogen) atoms. The van der Waals surface area contributed by atoms with Crippen LogP contribution in [0.25, 0.3) is 0 Å². The average Bonchev–Trinajstić information content (AvgIpc) is 3.30. The highest BCUT2D eigenvalue weighted by Gasteiger charge is 2.25. The summed E-state index contributed by atoms with van der Waals surface area (Å²) in [5, 5.41) is 14.6. The lowest BCUT2D eigenvalue weighted by Gasteiger charge is -2.34. The van der Waals surface area contributed by atoms with Crippen molar-refractivity contribution in [1.82, 2.24) is 5.32 Å². The van der Waals surface area contributed by atoms with Gasteiger partial charge in [-0.3, -0.25) is 10.1 Å². The first-order chi connectivity index (χ1) is 10.1. The number of piperidine rings is 1. The maximum absolute atomic E-state index is 10.9. The lowest BCUT2D eigenvalue weighted by molar-refractivity contribution is -0.384. The van der Waals surface area contributed by atoms with Gasteiger partial charge in [-0.15, -0.1) is 0 Å². The zero-order valence-electron chi connectivity index (χ0n) is 12.5. The zero-order valence-corrected chi connectivity index (χ0v) is 12.5. The number of rotatable bonds is 5. The minimum Gasteiger partial charge on any atom is -0.371 e. The number of anilines is 1.